The number of piperidine rings is 1. The van der Waals surface area contributed by atoms with Crippen LogP contribution in [0, 0.1) is 0 Å². The first-order valence-electron chi connectivity index (χ1n) is 12.9. The zero-order valence-electron chi connectivity index (χ0n) is 21.6. The van der Waals surface area contributed by atoms with Crippen molar-refractivity contribution < 1.29 is 14.3 Å². The van der Waals surface area contributed by atoms with E-state index in [0.29, 0.717) is 24.0 Å². The van der Waals surface area contributed by atoms with E-state index in [4.69, 9.17) is 9.47 Å². The molecule has 0 aromatic heterocycles. The summed E-state index contributed by atoms with van der Waals surface area (Å²) in [6, 6.07) is 21.9. The second-order valence-electron chi connectivity index (χ2n) is 9.41. The van der Waals surface area contributed by atoms with E-state index in [1.54, 1.807) is 7.11 Å². The Labute approximate surface area is 214 Å². The summed E-state index contributed by atoms with van der Waals surface area (Å²) < 4.78 is 11.6. The molecule has 5 nitrogen and oxygen atoms in total. The highest BCUT2D eigenvalue weighted by atomic mass is 16.5. The van der Waals surface area contributed by atoms with Crippen LogP contribution in [0.5, 0.6) is 11.5 Å². The van der Waals surface area contributed by atoms with Crippen molar-refractivity contribution in [1.29, 1.82) is 0 Å². The zero-order valence-corrected chi connectivity index (χ0v) is 21.6. The number of carbonyl (C=O) groups is 1. The average molecular weight is 485 g/mol. The van der Waals surface area contributed by atoms with Gasteiger partial charge >= 0.3 is 0 Å². The number of carbonyl (C=O) groups excluding carboxylic acids is 1. The summed E-state index contributed by atoms with van der Waals surface area (Å²) in [5.41, 5.74) is 4.92. The van der Waals surface area contributed by atoms with Crippen LogP contribution in [0.15, 0.2) is 71.7 Å². The van der Waals surface area contributed by atoms with E-state index < -0.39 is 0 Å². The van der Waals surface area contributed by atoms with Gasteiger partial charge in [-0.25, -0.2) is 0 Å². The summed E-state index contributed by atoms with van der Waals surface area (Å²) in [6.45, 7) is 6.54. The van der Waals surface area contributed by atoms with Crippen molar-refractivity contribution in [2.45, 2.75) is 52.1 Å². The number of amides is 1. The van der Waals surface area contributed by atoms with Crippen LogP contribution >= 0.6 is 0 Å². The molecule has 0 bridgehead atoms. The lowest BCUT2D eigenvalue weighted by Crippen LogP contribution is -2.35. The third-order valence-electron chi connectivity index (χ3n) is 6.86. The Hall–Kier alpha value is -3.60. The van der Waals surface area contributed by atoms with Gasteiger partial charge in [0, 0.05) is 24.9 Å². The van der Waals surface area contributed by atoms with E-state index in [1.165, 1.54) is 12.0 Å². The molecule has 1 atom stereocenters. The highest BCUT2D eigenvalue weighted by molar-refractivity contribution is 5.94. The van der Waals surface area contributed by atoms with Gasteiger partial charge in [-0.15, -0.1) is 0 Å². The molecular formula is C31H36N2O3. The number of nitrogens with zero attached hydrogens (tertiary/aromatic N) is 2. The Morgan fingerprint density at radius 1 is 0.972 bits per heavy atom. The molecule has 0 unspecified atom stereocenters. The molecule has 1 saturated heterocycles. The molecule has 188 valence electrons. The highest BCUT2D eigenvalue weighted by Gasteiger charge is 2.18. The quantitative estimate of drug-likeness (QED) is 0.303. The van der Waals surface area contributed by atoms with Crippen molar-refractivity contribution in [2.24, 2.45) is 4.99 Å². The van der Waals surface area contributed by atoms with Crippen LogP contribution in [-0.4, -0.2) is 37.2 Å². The maximum atomic E-state index is 12.7. The predicted molar refractivity (Wildman–Crippen MR) is 146 cm³/mol. The maximum absolute atomic E-state index is 12.7. The first-order valence-corrected chi connectivity index (χ1v) is 12.9. The average Bonchev–Trinajstić information content (AvgIpc) is 2.95. The lowest BCUT2D eigenvalue weighted by molar-refractivity contribution is 0.0724. The molecule has 0 aliphatic carbocycles. The van der Waals surface area contributed by atoms with Gasteiger partial charge in [-0.1, -0.05) is 38.1 Å². The molecule has 1 aliphatic rings. The Morgan fingerprint density at radius 3 is 2.36 bits per heavy atom. The molecule has 3 aromatic carbocycles. The SMILES string of the molecule is CC[C@@H](C)c1ccc(N=Cc2ccc(OCc3ccc(C(=O)N4CCCCC4)cc3)c(OC)c2)cc1. The molecular weight excluding hydrogens is 448 g/mol. The van der Waals surface area contributed by atoms with Crippen LogP contribution in [0.1, 0.15) is 72.5 Å². The predicted octanol–water partition coefficient (Wildman–Crippen LogP) is 7.16. The molecule has 0 radical (unpaired) electrons. The monoisotopic (exact) mass is 484 g/mol. The number of rotatable bonds is 9. The highest BCUT2D eigenvalue weighted by Crippen LogP contribution is 2.29. The molecule has 3 aromatic rings. The van der Waals surface area contributed by atoms with Crippen molar-refractivity contribution in [1.82, 2.24) is 4.90 Å². The van der Waals surface area contributed by atoms with Gasteiger partial charge in [-0.05, 0) is 90.8 Å². The molecule has 1 amide bonds. The van der Waals surface area contributed by atoms with Crippen molar-refractivity contribution in [3.8, 4) is 11.5 Å². The molecule has 0 spiro atoms. The van der Waals surface area contributed by atoms with Crippen LogP contribution < -0.4 is 9.47 Å². The largest absolute Gasteiger partial charge is 0.493 e. The second-order valence-corrected chi connectivity index (χ2v) is 9.41. The van der Waals surface area contributed by atoms with Gasteiger partial charge in [0.15, 0.2) is 11.5 Å². The van der Waals surface area contributed by atoms with Gasteiger partial charge in [0.1, 0.15) is 6.61 Å². The van der Waals surface area contributed by atoms with Gasteiger partial charge in [0.25, 0.3) is 5.91 Å². The number of hydrogen-bond donors (Lipinski definition) is 0. The smallest absolute Gasteiger partial charge is 0.253 e. The molecule has 0 N–H and O–H groups in total. The van der Waals surface area contributed by atoms with Crippen LogP contribution in [-0.2, 0) is 6.61 Å². The molecule has 0 saturated carbocycles. The second kappa shape index (κ2) is 12.4. The first kappa shape index (κ1) is 25.5. The van der Waals surface area contributed by atoms with E-state index in [0.717, 1.165) is 54.7 Å². The minimum absolute atomic E-state index is 0.118. The minimum atomic E-state index is 0.118. The van der Waals surface area contributed by atoms with E-state index >= 15 is 0 Å². The fourth-order valence-corrected chi connectivity index (χ4v) is 4.34. The van der Waals surface area contributed by atoms with Crippen LogP contribution in [0.3, 0.4) is 0 Å². The van der Waals surface area contributed by atoms with Gasteiger partial charge in [-0.2, -0.15) is 0 Å². The van der Waals surface area contributed by atoms with Gasteiger partial charge < -0.3 is 14.4 Å². The molecule has 1 fully saturated rings. The third-order valence-corrected chi connectivity index (χ3v) is 6.86. The number of ether oxygens (including phenoxy) is 2. The maximum Gasteiger partial charge on any atom is 0.253 e. The summed E-state index contributed by atoms with van der Waals surface area (Å²) >= 11 is 0. The normalized spacial score (nSPS) is 14.6. The van der Waals surface area contributed by atoms with E-state index in [-0.39, 0.29) is 5.91 Å². The molecule has 1 aliphatic heterocycles. The lowest BCUT2D eigenvalue weighted by Gasteiger charge is -2.26. The summed E-state index contributed by atoms with van der Waals surface area (Å²) in [4.78, 5) is 19.2. The van der Waals surface area contributed by atoms with Gasteiger partial charge in [0.2, 0.25) is 0 Å². The fourth-order valence-electron chi connectivity index (χ4n) is 4.34. The standard InChI is InChI=1S/C31H36N2O3/c1-4-23(2)26-13-15-28(16-14-26)32-21-25-10-17-29(30(20-25)35-3)36-22-24-8-11-27(12-9-24)31(34)33-18-6-5-7-19-33/h8-17,20-21,23H,4-7,18-19,22H2,1-3H3/t23-/m1/s1. The third kappa shape index (κ3) is 6.54. The van der Waals surface area contributed by atoms with Crippen molar-refractivity contribution in [3.05, 3.63) is 89.0 Å². The number of methoxy groups -OCH3 is 1. The van der Waals surface area contributed by atoms with Gasteiger partial charge in [-0.3, -0.25) is 9.79 Å². The number of likely N-dealkylation sites (tertiary alicyclic amines) is 1. The molecule has 5 heteroatoms. The van der Waals surface area contributed by atoms with Crippen molar-refractivity contribution >= 4 is 17.8 Å². The minimum Gasteiger partial charge on any atom is -0.493 e. The summed E-state index contributed by atoms with van der Waals surface area (Å²) in [7, 11) is 1.64. The van der Waals surface area contributed by atoms with Crippen LogP contribution in [0.25, 0.3) is 0 Å². The van der Waals surface area contributed by atoms with Crippen LogP contribution in [0.4, 0.5) is 5.69 Å². The molecule has 4 rings (SSSR count). The van der Waals surface area contributed by atoms with E-state index in [9.17, 15) is 4.79 Å². The van der Waals surface area contributed by atoms with Crippen LogP contribution in [0.2, 0.25) is 0 Å². The van der Waals surface area contributed by atoms with Gasteiger partial charge in [0.05, 0.1) is 12.8 Å². The van der Waals surface area contributed by atoms with E-state index in [1.807, 2.05) is 53.6 Å². The topological polar surface area (TPSA) is 51.1 Å². The zero-order chi connectivity index (χ0) is 25.3. The number of hydrogen-bond acceptors (Lipinski definition) is 4. The number of aliphatic imine (C=N–C) groups is 1. The Balaban J connectivity index is 1.36. The van der Waals surface area contributed by atoms with E-state index in [2.05, 4.69) is 43.1 Å². The Bertz CT molecular complexity index is 1160. The lowest BCUT2D eigenvalue weighted by atomic mass is 9.99. The molecule has 1 heterocycles. The fraction of sp³-hybridized carbons (Fsp3) is 0.355. The Kier molecular flexibility index (Phi) is 8.77. The van der Waals surface area contributed by atoms with Crippen molar-refractivity contribution in [2.75, 3.05) is 20.2 Å². The first-order chi connectivity index (χ1) is 17.6. The Morgan fingerprint density at radius 2 is 1.69 bits per heavy atom. The molecule has 36 heavy (non-hydrogen) atoms. The summed E-state index contributed by atoms with van der Waals surface area (Å²) in [5.74, 6) is 2.00. The number of benzene rings is 3. The summed E-state index contributed by atoms with van der Waals surface area (Å²) in [5, 5.41) is 0. The van der Waals surface area contributed by atoms with Crippen molar-refractivity contribution in [3.63, 3.8) is 0 Å². The summed E-state index contributed by atoms with van der Waals surface area (Å²) in [6.07, 6.45) is 6.36.